The number of carbonyl (C=O) groups is 1. The van der Waals surface area contributed by atoms with Crippen LogP contribution in [0.5, 0.6) is 5.75 Å². The van der Waals surface area contributed by atoms with Crippen molar-refractivity contribution in [2.45, 2.75) is 13.0 Å². The van der Waals surface area contributed by atoms with Crippen LogP contribution in [-0.4, -0.2) is 48.6 Å². The monoisotopic (exact) mass is 336 g/mol. The Balaban J connectivity index is 1.73. The lowest BCUT2D eigenvalue weighted by Crippen LogP contribution is -2.54. The molecule has 0 unspecified atom stereocenters. The van der Waals surface area contributed by atoms with Gasteiger partial charge in [0.05, 0.1) is 18.4 Å². The second kappa shape index (κ2) is 7.22. The highest BCUT2D eigenvalue weighted by Crippen LogP contribution is 2.29. The molecule has 1 aromatic carbocycles. The highest BCUT2D eigenvalue weighted by Gasteiger charge is 2.29. The van der Waals surface area contributed by atoms with Crippen LogP contribution in [0.1, 0.15) is 23.0 Å². The maximum absolute atomic E-state index is 12.7. The molecular formula is C19H20N4O2. The number of nitriles is 1. The molecule has 0 radical (unpaired) electrons. The number of carbonyl (C=O) groups excluding carboxylic acids is 1. The quantitative estimate of drug-likeness (QED) is 0.860. The van der Waals surface area contributed by atoms with Crippen LogP contribution >= 0.6 is 0 Å². The van der Waals surface area contributed by atoms with E-state index in [0.717, 1.165) is 24.5 Å². The van der Waals surface area contributed by atoms with Gasteiger partial charge in [-0.05, 0) is 31.2 Å². The third-order valence-electron chi connectivity index (χ3n) is 4.44. The van der Waals surface area contributed by atoms with Gasteiger partial charge in [-0.25, -0.2) is 4.98 Å². The zero-order valence-corrected chi connectivity index (χ0v) is 14.3. The number of amides is 1. The Morgan fingerprint density at radius 3 is 2.72 bits per heavy atom. The number of aromatic nitrogens is 1. The average molecular weight is 336 g/mol. The maximum Gasteiger partial charge on any atom is 0.255 e. The zero-order valence-electron chi connectivity index (χ0n) is 14.3. The number of hydrogen-bond acceptors (Lipinski definition) is 5. The third kappa shape index (κ3) is 3.41. The Bertz CT molecular complexity index is 798. The molecular weight excluding hydrogens is 316 g/mol. The van der Waals surface area contributed by atoms with Crippen molar-refractivity contribution in [3.63, 3.8) is 0 Å². The normalized spacial score (nSPS) is 17.1. The summed E-state index contributed by atoms with van der Waals surface area (Å²) >= 11 is 0. The summed E-state index contributed by atoms with van der Waals surface area (Å²) in [6.07, 6.45) is 1.47. The lowest BCUT2D eigenvalue weighted by atomic mass is 10.1. The topological polar surface area (TPSA) is 69.5 Å². The van der Waals surface area contributed by atoms with Crippen molar-refractivity contribution in [3.8, 4) is 11.8 Å². The number of benzene rings is 1. The molecule has 0 N–H and O–H groups in total. The first kappa shape index (κ1) is 16.8. The molecule has 25 heavy (non-hydrogen) atoms. The summed E-state index contributed by atoms with van der Waals surface area (Å²) < 4.78 is 5.44. The lowest BCUT2D eigenvalue weighted by molar-refractivity contribution is 0.0673. The summed E-state index contributed by atoms with van der Waals surface area (Å²) in [7, 11) is 1.67. The van der Waals surface area contributed by atoms with Crippen LogP contribution in [0.25, 0.3) is 0 Å². The highest BCUT2D eigenvalue weighted by atomic mass is 16.5. The van der Waals surface area contributed by atoms with Crippen molar-refractivity contribution in [2.24, 2.45) is 0 Å². The van der Waals surface area contributed by atoms with Gasteiger partial charge in [0.1, 0.15) is 17.5 Å². The van der Waals surface area contributed by atoms with Gasteiger partial charge in [0.25, 0.3) is 5.91 Å². The van der Waals surface area contributed by atoms with Crippen molar-refractivity contribution >= 4 is 11.6 Å². The predicted molar refractivity (Wildman–Crippen MR) is 94.7 cm³/mol. The first-order valence-electron chi connectivity index (χ1n) is 8.19. The van der Waals surface area contributed by atoms with E-state index in [-0.39, 0.29) is 11.9 Å². The van der Waals surface area contributed by atoms with E-state index >= 15 is 0 Å². The van der Waals surface area contributed by atoms with Crippen LogP contribution in [0, 0.1) is 11.3 Å². The van der Waals surface area contributed by atoms with Gasteiger partial charge in [-0.3, -0.25) is 4.79 Å². The highest BCUT2D eigenvalue weighted by molar-refractivity contribution is 5.94. The number of nitrogens with zero attached hydrogens (tertiary/aromatic N) is 4. The van der Waals surface area contributed by atoms with Gasteiger partial charge < -0.3 is 14.5 Å². The molecule has 1 atom stereocenters. The molecule has 0 aliphatic carbocycles. The molecule has 0 spiro atoms. The number of anilines is 1. The zero-order chi connectivity index (χ0) is 17.8. The standard InChI is InChI=1S/C19H20N4O2/c1-14-13-22(17-5-3-4-6-18(17)25-2)9-10-23(14)19(24)15-7-8-16(11-20)21-12-15/h3-8,12,14H,9-10,13H2,1-2H3/t14-/m1/s1. The lowest BCUT2D eigenvalue weighted by Gasteiger charge is -2.41. The molecule has 1 fully saturated rings. The molecule has 0 saturated carbocycles. The molecule has 1 amide bonds. The fraction of sp³-hybridized carbons (Fsp3) is 0.316. The van der Waals surface area contributed by atoms with E-state index in [1.807, 2.05) is 42.2 Å². The number of ether oxygens (including phenoxy) is 1. The van der Waals surface area contributed by atoms with E-state index in [2.05, 4.69) is 9.88 Å². The van der Waals surface area contributed by atoms with Crippen LogP contribution in [0.2, 0.25) is 0 Å². The fourth-order valence-electron chi connectivity index (χ4n) is 3.12. The first-order chi connectivity index (χ1) is 12.1. The fourth-order valence-corrected chi connectivity index (χ4v) is 3.12. The average Bonchev–Trinajstić information content (AvgIpc) is 2.67. The molecule has 2 heterocycles. The minimum atomic E-state index is -0.0517. The summed E-state index contributed by atoms with van der Waals surface area (Å²) in [6.45, 7) is 4.13. The molecule has 128 valence electrons. The Morgan fingerprint density at radius 2 is 2.08 bits per heavy atom. The van der Waals surface area contributed by atoms with Gasteiger partial charge in [-0.1, -0.05) is 12.1 Å². The van der Waals surface area contributed by atoms with Gasteiger partial charge in [-0.2, -0.15) is 5.26 Å². The summed E-state index contributed by atoms with van der Waals surface area (Å²) in [5, 5.41) is 8.81. The molecule has 2 aromatic rings. The second-order valence-corrected chi connectivity index (χ2v) is 6.01. The van der Waals surface area contributed by atoms with Crippen LogP contribution < -0.4 is 9.64 Å². The number of hydrogen-bond donors (Lipinski definition) is 0. The number of rotatable bonds is 3. The number of methoxy groups -OCH3 is 1. The van der Waals surface area contributed by atoms with E-state index in [0.29, 0.717) is 17.8 Å². The van der Waals surface area contributed by atoms with Crippen molar-refractivity contribution in [2.75, 3.05) is 31.6 Å². The Hall–Kier alpha value is -3.07. The largest absolute Gasteiger partial charge is 0.495 e. The minimum Gasteiger partial charge on any atom is -0.495 e. The number of pyridine rings is 1. The molecule has 6 heteroatoms. The Morgan fingerprint density at radius 1 is 1.28 bits per heavy atom. The van der Waals surface area contributed by atoms with Crippen LogP contribution in [-0.2, 0) is 0 Å². The Labute approximate surface area is 147 Å². The number of piperazine rings is 1. The van der Waals surface area contributed by atoms with Crippen molar-refractivity contribution in [3.05, 3.63) is 53.9 Å². The van der Waals surface area contributed by atoms with Crippen molar-refractivity contribution in [1.29, 1.82) is 5.26 Å². The molecule has 1 aliphatic rings. The molecule has 1 aromatic heterocycles. The van der Waals surface area contributed by atoms with Gasteiger partial charge in [-0.15, -0.1) is 0 Å². The first-order valence-corrected chi connectivity index (χ1v) is 8.19. The molecule has 6 nitrogen and oxygen atoms in total. The van der Waals surface area contributed by atoms with E-state index in [4.69, 9.17) is 10.00 Å². The summed E-state index contributed by atoms with van der Waals surface area (Å²) in [5.74, 6) is 0.787. The molecule has 1 saturated heterocycles. The van der Waals surface area contributed by atoms with Gasteiger partial charge in [0.2, 0.25) is 0 Å². The SMILES string of the molecule is COc1ccccc1N1CCN(C(=O)c2ccc(C#N)nc2)[C@H](C)C1. The minimum absolute atomic E-state index is 0.0517. The van der Waals surface area contributed by atoms with Gasteiger partial charge in [0.15, 0.2) is 0 Å². The van der Waals surface area contributed by atoms with Gasteiger partial charge >= 0.3 is 0 Å². The van der Waals surface area contributed by atoms with E-state index in [1.54, 1.807) is 19.2 Å². The van der Waals surface area contributed by atoms with Crippen LogP contribution in [0.4, 0.5) is 5.69 Å². The van der Waals surface area contributed by atoms with E-state index in [1.165, 1.54) is 6.20 Å². The molecule has 1 aliphatic heterocycles. The van der Waals surface area contributed by atoms with E-state index in [9.17, 15) is 4.79 Å². The van der Waals surface area contributed by atoms with Crippen LogP contribution in [0.3, 0.4) is 0 Å². The van der Waals surface area contributed by atoms with Crippen molar-refractivity contribution in [1.82, 2.24) is 9.88 Å². The molecule has 3 rings (SSSR count). The summed E-state index contributed by atoms with van der Waals surface area (Å²) in [6, 6.07) is 13.2. The smallest absolute Gasteiger partial charge is 0.255 e. The third-order valence-corrected chi connectivity index (χ3v) is 4.44. The van der Waals surface area contributed by atoms with E-state index < -0.39 is 0 Å². The van der Waals surface area contributed by atoms with Gasteiger partial charge in [0, 0.05) is 31.9 Å². The maximum atomic E-state index is 12.7. The predicted octanol–water partition coefficient (Wildman–Crippen LogP) is 2.31. The second-order valence-electron chi connectivity index (χ2n) is 6.01. The Kier molecular flexibility index (Phi) is 4.85. The van der Waals surface area contributed by atoms with Crippen LogP contribution in [0.15, 0.2) is 42.6 Å². The summed E-state index contributed by atoms with van der Waals surface area (Å²) in [4.78, 5) is 20.8. The summed E-state index contributed by atoms with van der Waals surface area (Å²) in [5.41, 5.74) is 1.87. The number of para-hydroxylation sites is 2. The van der Waals surface area contributed by atoms with Crippen molar-refractivity contribution < 1.29 is 9.53 Å². The molecule has 0 bridgehead atoms.